The second-order valence-corrected chi connectivity index (χ2v) is 5.13. The summed E-state index contributed by atoms with van der Waals surface area (Å²) in [6, 6.07) is 18.4. The van der Waals surface area contributed by atoms with Crippen LogP contribution in [-0.2, 0) is 0 Å². The number of benzene rings is 2. The largest absolute Gasteiger partial charge is 0.283 e. The number of hydrazine groups is 1. The summed E-state index contributed by atoms with van der Waals surface area (Å²) in [6.07, 6.45) is 2.13. The summed E-state index contributed by atoms with van der Waals surface area (Å²) >= 11 is 5.93. The Kier molecular flexibility index (Phi) is 3.28. The molecule has 0 bridgehead atoms. The summed E-state index contributed by atoms with van der Waals surface area (Å²) in [6.45, 7) is 2.13. The summed E-state index contributed by atoms with van der Waals surface area (Å²) < 4.78 is 0. The molecule has 0 radical (unpaired) electrons. The predicted molar refractivity (Wildman–Crippen MR) is 80.0 cm³/mol. The van der Waals surface area contributed by atoms with Crippen LogP contribution in [-0.4, -0.2) is 0 Å². The fourth-order valence-electron chi connectivity index (χ4n) is 2.29. The van der Waals surface area contributed by atoms with Gasteiger partial charge in [0.15, 0.2) is 0 Å². The van der Waals surface area contributed by atoms with E-state index < -0.39 is 0 Å². The highest BCUT2D eigenvalue weighted by Crippen LogP contribution is 2.30. The number of halogens is 1. The monoisotopic (exact) mass is 270 g/mol. The molecule has 96 valence electrons. The molecule has 0 fully saturated rings. The summed E-state index contributed by atoms with van der Waals surface area (Å²) in [7, 11) is 0. The Bertz CT molecular complexity index is 590. The number of nitrogens with one attached hydrogen (secondary N) is 1. The predicted octanol–water partition coefficient (Wildman–Crippen LogP) is 4.31. The van der Waals surface area contributed by atoms with E-state index in [9.17, 15) is 0 Å². The number of para-hydroxylation sites is 1. The lowest BCUT2D eigenvalue weighted by atomic mass is 10.0. The smallest absolute Gasteiger partial charge is 0.0741 e. The molecule has 0 spiro atoms. The first-order valence-electron chi connectivity index (χ1n) is 6.28. The van der Waals surface area contributed by atoms with E-state index in [1.54, 1.807) is 0 Å². The minimum atomic E-state index is 0.206. The van der Waals surface area contributed by atoms with Gasteiger partial charge in [-0.3, -0.25) is 5.01 Å². The van der Waals surface area contributed by atoms with Crippen LogP contribution in [0.5, 0.6) is 0 Å². The van der Waals surface area contributed by atoms with Crippen LogP contribution in [0.4, 0.5) is 5.69 Å². The first-order valence-corrected chi connectivity index (χ1v) is 6.66. The number of nitrogens with zero attached hydrogens (tertiary/aromatic N) is 1. The van der Waals surface area contributed by atoms with E-state index in [1.165, 1.54) is 11.1 Å². The number of anilines is 1. The molecule has 2 aromatic rings. The molecule has 0 saturated carbocycles. The highest BCUT2D eigenvalue weighted by Gasteiger charge is 2.22. The van der Waals surface area contributed by atoms with Crippen molar-refractivity contribution in [2.45, 2.75) is 13.0 Å². The third-order valence-electron chi connectivity index (χ3n) is 3.29. The molecule has 1 N–H and O–H groups in total. The molecule has 1 unspecified atom stereocenters. The van der Waals surface area contributed by atoms with Crippen LogP contribution in [0.15, 0.2) is 66.4 Å². The van der Waals surface area contributed by atoms with E-state index in [1.807, 2.05) is 30.3 Å². The SMILES string of the molecule is CC1=CN(c2ccccc2)NC1c1ccc(Cl)cc1. The van der Waals surface area contributed by atoms with Crippen molar-refractivity contribution in [3.05, 3.63) is 77.0 Å². The number of rotatable bonds is 2. The van der Waals surface area contributed by atoms with E-state index >= 15 is 0 Å². The molecule has 2 nitrogen and oxygen atoms in total. The van der Waals surface area contributed by atoms with E-state index in [-0.39, 0.29) is 6.04 Å². The molecule has 3 rings (SSSR count). The van der Waals surface area contributed by atoms with Crippen molar-refractivity contribution in [3.63, 3.8) is 0 Å². The number of hydrogen-bond acceptors (Lipinski definition) is 2. The van der Waals surface area contributed by atoms with E-state index in [0.29, 0.717) is 0 Å². The maximum absolute atomic E-state index is 5.93. The molecule has 1 heterocycles. The normalized spacial score (nSPS) is 18.5. The summed E-state index contributed by atoms with van der Waals surface area (Å²) in [5.41, 5.74) is 7.13. The summed E-state index contributed by atoms with van der Waals surface area (Å²) in [5.74, 6) is 0. The van der Waals surface area contributed by atoms with Crippen molar-refractivity contribution in [3.8, 4) is 0 Å². The second-order valence-electron chi connectivity index (χ2n) is 4.69. The van der Waals surface area contributed by atoms with Crippen LogP contribution in [0.2, 0.25) is 5.02 Å². The lowest BCUT2D eigenvalue weighted by molar-refractivity contribution is 0.652. The molecule has 19 heavy (non-hydrogen) atoms. The average molecular weight is 271 g/mol. The van der Waals surface area contributed by atoms with Crippen LogP contribution < -0.4 is 10.4 Å². The third kappa shape index (κ3) is 2.50. The van der Waals surface area contributed by atoms with Crippen LogP contribution in [0.1, 0.15) is 18.5 Å². The van der Waals surface area contributed by atoms with Crippen molar-refractivity contribution in [2.24, 2.45) is 0 Å². The molecule has 1 atom stereocenters. The zero-order valence-corrected chi connectivity index (χ0v) is 11.4. The Balaban J connectivity index is 1.84. The maximum atomic E-state index is 5.93. The topological polar surface area (TPSA) is 15.3 Å². The minimum Gasteiger partial charge on any atom is -0.283 e. The van der Waals surface area contributed by atoms with Crippen LogP contribution in [0, 0.1) is 0 Å². The Morgan fingerprint density at radius 3 is 2.37 bits per heavy atom. The van der Waals surface area contributed by atoms with Gasteiger partial charge in [0, 0.05) is 11.2 Å². The fraction of sp³-hybridized carbons (Fsp3) is 0.125. The molecule has 0 saturated heterocycles. The van der Waals surface area contributed by atoms with Gasteiger partial charge < -0.3 is 0 Å². The highest BCUT2D eigenvalue weighted by atomic mass is 35.5. The number of hydrogen-bond donors (Lipinski definition) is 1. The van der Waals surface area contributed by atoms with Gasteiger partial charge in [-0.15, -0.1) is 0 Å². The Labute approximate surface area is 118 Å². The Hall–Kier alpha value is -1.77. The van der Waals surface area contributed by atoms with Crippen molar-refractivity contribution in [2.75, 3.05) is 5.01 Å². The standard InChI is InChI=1S/C16H15ClN2/c1-12-11-19(15-5-3-2-4-6-15)18-16(12)13-7-9-14(17)10-8-13/h2-11,16,18H,1H3. The van der Waals surface area contributed by atoms with Gasteiger partial charge in [-0.25, -0.2) is 5.43 Å². The second kappa shape index (κ2) is 5.08. The zero-order valence-electron chi connectivity index (χ0n) is 10.7. The first kappa shape index (κ1) is 12.3. The van der Waals surface area contributed by atoms with Crippen molar-refractivity contribution in [1.29, 1.82) is 0 Å². The van der Waals surface area contributed by atoms with Gasteiger partial charge >= 0.3 is 0 Å². The van der Waals surface area contributed by atoms with E-state index in [4.69, 9.17) is 11.6 Å². The van der Waals surface area contributed by atoms with Crippen LogP contribution >= 0.6 is 11.6 Å². The molecule has 0 aliphatic carbocycles. The highest BCUT2D eigenvalue weighted by molar-refractivity contribution is 6.30. The van der Waals surface area contributed by atoms with Crippen LogP contribution in [0.3, 0.4) is 0 Å². The van der Waals surface area contributed by atoms with Crippen molar-refractivity contribution in [1.82, 2.24) is 5.43 Å². The molecule has 1 aliphatic heterocycles. The van der Waals surface area contributed by atoms with Crippen molar-refractivity contribution < 1.29 is 0 Å². The minimum absolute atomic E-state index is 0.206. The van der Waals surface area contributed by atoms with Gasteiger partial charge in [0.05, 0.1) is 11.7 Å². The summed E-state index contributed by atoms with van der Waals surface area (Å²) in [5, 5.41) is 2.83. The average Bonchev–Trinajstić information content (AvgIpc) is 2.83. The van der Waals surface area contributed by atoms with E-state index in [2.05, 4.69) is 47.8 Å². The first-order chi connectivity index (χ1) is 9.24. The fourth-order valence-corrected chi connectivity index (χ4v) is 2.41. The van der Waals surface area contributed by atoms with Gasteiger partial charge in [0.25, 0.3) is 0 Å². The Morgan fingerprint density at radius 2 is 1.68 bits per heavy atom. The van der Waals surface area contributed by atoms with Gasteiger partial charge in [-0.1, -0.05) is 41.9 Å². The van der Waals surface area contributed by atoms with Crippen molar-refractivity contribution >= 4 is 17.3 Å². The zero-order chi connectivity index (χ0) is 13.2. The molecule has 0 amide bonds. The lowest BCUT2D eigenvalue weighted by Gasteiger charge is -2.20. The van der Waals surface area contributed by atoms with Gasteiger partial charge in [0.2, 0.25) is 0 Å². The molecule has 0 aromatic heterocycles. The molecule has 1 aliphatic rings. The van der Waals surface area contributed by atoms with Gasteiger partial charge in [0.1, 0.15) is 0 Å². The summed E-state index contributed by atoms with van der Waals surface area (Å²) in [4.78, 5) is 0. The lowest BCUT2D eigenvalue weighted by Crippen LogP contribution is -2.30. The van der Waals surface area contributed by atoms with Gasteiger partial charge in [-0.2, -0.15) is 0 Å². The molecular formula is C16H15ClN2. The third-order valence-corrected chi connectivity index (χ3v) is 3.55. The Morgan fingerprint density at radius 1 is 1.00 bits per heavy atom. The quantitative estimate of drug-likeness (QED) is 0.875. The molecule has 3 heteroatoms. The van der Waals surface area contributed by atoms with E-state index in [0.717, 1.165) is 10.7 Å². The van der Waals surface area contributed by atoms with Gasteiger partial charge in [-0.05, 0) is 42.3 Å². The maximum Gasteiger partial charge on any atom is 0.0741 e. The molecular weight excluding hydrogens is 256 g/mol. The molecule has 2 aromatic carbocycles. The van der Waals surface area contributed by atoms with Crippen LogP contribution in [0.25, 0.3) is 0 Å².